The Hall–Kier alpha value is -1.39. The number of amides is 1. The number of halogens is 1. The molecule has 0 aromatic heterocycles. The van der Waals surface area contributed by atoms with Gasteiger partial charge in [-0.05, 0) is 30.4 Å². The van der Waals surface area contributed by atoms with Crippen molar-refractivity contribution in [2.24, 2.45) is 4.99 Å². The summed E-state index contributed by atoms with van der Waals surface area (Å²) in [6.07, 6.45) is 2.78. The van der Waals surface area contributed by atoms with Gasteiger partial charge in [0.25, 0.3) is 5.91 Å². The van der Waals surface area contributed by atoms with Crippen LogP contribution in [0.5, 0.6) is 0 Å². The van der Waals surface area contributed by atoms with Crippen molar-refractivity contribution in [3.63, 3.8) is 0 Å². The Morgan fingerprint density at radius 3 is 2.57 bits per heavy atom. The summed E-state index contributed by atoms with van der Waals surface area (Å²) in [6, 6.07) is 8.75. The van der Waals surface area contributed by atoms with Crippen molar-refractivity contribution < 1.29 is 9.53 Å². The van der Waals surface area contributed by atoms with Crippen molar-refractivity contribution in [3.8, 4) is 0 Å². The third kappa shape index (κ3) is 5.64. The average molecular weight is 527 g/mol. The van der Waals surface area contributed by atoms with Crippen LogP contribution in [0, 0.1) is 0 Å². The first kappa shape index (κ1) is 23.3. The molecule has 8 heteroatoms. The second-order valence-corrected chi connectivity index (χ2v) is 8.08. The predicted octanol–water partition coefficient (Wildman–Crippen LogP) is 1.56. The van der Waals surface area contributed by atoms with Gasteiger partial charge in [0.1, 0.15) is 6.10 Å². The van der Waals surface area contributed by atoms with Gasteiger partial charge in [-0.2, -0.15) is 0 Å². The second-order valence-electron chi connectivity index (χ2n) is 8.08. The van der Waals surface area contributed by atoms with Crippen LogP contribution in [-0.2, 0) is 22.5 Å². The molecule has 0 spiro atoms. The molecule has 1 unspecified atom stereocenters. The fourth-order valence-corrected chi connectivity index (χ4v) is 4.52. The molecular weight excluding hydrogens is 493 g/mol. The molecular formula is C22H34IN5O2. The van der Waals surface area contributed by atoms with Crippen LogP contribution >= 0.6 is 24.0 Å². The van der Waals surface area contributed by atoms with E-state index in [1.165, 1.54) is 11.1 Å². The lowest BCUT2D eigenvalue weighted by Gasteiger charge is -2.37. The minimum Gasteiger partial charge on any atom is -0.368 e. The van der Waals surface area contributed by atoms with Gasteiger partial charge in [0.05, 0.1) is 0 Å². The highest BCUT2D eigenvalue weighted by Crippen LogP contribution is 2.18. The van der Waals surface area contributed by atoms with Crippen LogP contribution in [-0.4, -0.2) is 92.1 Å². The number of ether oxygens (including phenoxy) is 1. The van der Waals surface area contributed by atoms with Crippen LogP contribution in [0.1, 0.15) is 24.0 Å². The number of nitrogens with one attached hydrogen (secondary N) is 1. The molecule has 3 aliphatic rings. The molecule has 1 aromatic rings. The maximum atomic E-state index is 12.5. The first-order chi connectivity index (χ1) is 14.2. The summed E-state index contributed by atoms with van der Waals surface area (Å²) in [5.74, 6) is 1.10. The van der Waals surface area contributed by atoms with Gasteiger partial charge in [-0.15, -0.1) is 24.0 Å². The highest BCUT2D eigenvalue weighted by Gasteiger charge is 2.30. The van der Waals surface area contributed by atoms with Gasteiger partial charge in [0, 0.05) is 66.0 Å². The summed E-state index contributed by atoms with van der Waals surface area (Å²) < 4.78 is 5.55. The van der Waals surface area contributed by atoms with Gasteiger partial charge in [0.2, 0.25) is 0 Å². The Kier molecular flexibility index (Phi) is 8.76. The lowest BCUT2D eigenvalue weighted by molar-refractivity contribution is -0.142. The summed E-state index contributed by atoms with van der Waals surface area (Å²) in [7, 11) is 1.84. The van der Waals surface area contributed by atoms with E-state index in [-0.39, 0.29) is 36.0 Å². The van der Waals surface area contributed by atoms with E-state index in [1.54, 1.807) is 0 Å². The normalized spacial score (nSPS) is 22.4. The van der Waals surface area contributed by atoms with Crippen molar-refractivity contribution in [1.82, 2.24) is 20.0 Å². The summed E-state index contributed by atoms with van der Waals surface area (Å²) in [4.78, 5) is 23.7. The number of nitrogens with zero attached hydrogens (tertiary/aromatic N) is 4. The highest BCUT2D eigenvalue weighted by atomic mass is 127. The van der Waals surface area contributed by atoms with Crippen LogP contribution in [0.25, 0.3) is 0 Å². The number of benzene rings is 1. The SMILES string of the molecule is CN=C(NCCN1CCc2ccccc2C1)N1CCN(C(=O)C2CCCO2)CC1.I. The van der Waals surface area contributed by atoms with E-state index in [4.69, 9.17) is 4.74 Å². The topological polar surface area (TPSA) is 60.4 Å². The van der Waals surface area contributed by atoms with Crippen LogP contribution in [0.4, 0.5) is 0 Å². The Morgan fingerprint density at radius 2 is 1.87 bits per heavy atom. The van der Waals surface area contributed by atoms with E-state index < -0.39 is 0 Å². The monoisotopic (exact) mass is 527 g/mol. The van der Waals surface area contributed by atoms with E-state index in [9.17, 15) is 4.79 Å². The molecule has 2 fully saturated rings. The molecule has 7 nitrogen and oxygen atoms in total. The third-order valence-corrected chi connectivity index (χ3v) is 6.23. The fraction of sp³-hybridized carbons (Fsp3) is 0.636. The number of carbonyl (C=O) groups is 1. The predicted molar refractivity (Wildman–Crippen MR) is 129 cm³/mol. The molecule has 1 atom stereocenters. The van der Waals surface area contributed by atoms with Gasteiger partial charge < -0.3 is 19.9 Å². The molecule has 0 radical (unpaired) electrons. The zero-order chi connectivity index (χ0) is 20.1. The molecule has 30 heavy (non-hydrogen) atoms. The molecule has 0 saturated carbocycles. The number of hydrogen-bond donors (Lipinski definition) is 1. The first-order valence-corrected chi connectivity index (χ1v) is 10.9. The van der Waals surface area contributed by atoms with Gasteiger partial charge in [0.15, 0.2) is 5.96 Å². The lowest BCUT2D eigenvalue weighted by Crippen LogP contribution is -2.55. The Labute approximate surface area is 196 Å². The summed E-state index contributed by atoms with van der Waals surface area (Å²) >= 11 is 0. The number of carbonyl (C=O) groups excluding carboxylic acids is 1. The number of fused-ring (bicyclic) bond motifs is 1. The first-order valence-electron chi connectivity index (χ1n) is 10.9. The number of piperazine rings is 1. The van der Waals surface area contributed by atoms with Crippen LogP contribution in [0.2, 0.25) is 0 Å². The maximum Gasteiger partial charge on any atom is 0.251 e. The molecule has 1 aromatic carbocycles. The smallest absolute Gasteiger partial charge is 0.251 e. The zero-order valence-electron chi connectivity index (χ0n) is 17.9. The molecule has 2 saturated heterocycles. The summed E-state index contributed by atoms with van der Waals surface area (Å²) in [5, 5.41) is 3.52. The van der Waals surface area contributed by atoms with Crippen LogP contribution in [0.15, 0.2) is 29.3 Å². The van der Waals surface area contributed by atoms with Gasteiger partial charge >= 0.3 is 0 Å². The quantitative estimate of drug-likeness (QED) is 0.366. The summed E-state index contributed by atoms with van der Waals surface area (Å²) in [5.41, 5.74) is 2.94. The van der Waals surface area contributed by atoms with E-state index in [2.05, 4.69) is 44.4 Å². The van der Waals surface area contributed by atoms with Gasteiger partial charge in [-0.25, -0.2) is 0 Å². The van der Waals surface area contributed by atoms with Crippen molar-refractivity contribution in [3.05, 3.63) is 35.4 Å². The molecule has 0 aliphatic carbocycles. The third-order valence-electron chi connectivity index (χ3n) is 6.23. The maximum absolute atomic E-state index is 12.5. The van der Waals surface area contributed by atoms with E-state index in [0.717, 1.165) is 84.2 Å². The van der Waals surface area contributed by atoms with Crippen LogP contribution < -0.4 is 5.32 Å². The van der Waals surface area contributed by atoms with Crippen molar-refractivity contribution in [1.29, 1.82) is 0 Å². The van der Waals surface area contributed by atoms with E-state index in [1.807, 2.05) is 11.9 Å². The molecule has 166 valence electrons. The van der Waals surface area contributed by atoms with Gasteiger partial charge in [-0.3, -0.25) is 14.7 Å². The molecule has 1 N–H and O–H groups in total. The molecule has 1 amide bonds. The number of guanidine groups is 1. The lowest BCUT2D eigenvalue weighted by atomic mass is 10.00. The highest BCUT2D eigenvalue weighted by molar-refractivity contribution is 14.0. The second kappa shape index (κ2) is 11.3. The van der Waals surface area contributed by atoms with E-state index >= 15 is 0 Å². The molecule has 4 rings (SSSR count). The molecule has 3 heterocycles. The minimum absolute atomic E-state index is 0. The van der Waals surface area contributed by atoms with Crippen molar-refractivity contribution in [2.45, 2.75) is 31.9 Å². The van der Waals surface area contributed by atoms with E-state index in [0.29, 0.717) is 0 Å². The minimum atomic E-state index is -0.214. The Morgan fingerprint density at radius 1 is 1.13 bits per heavy atom. The fourth-order valence-electron chi connectivity index (χ4n) is 4.52. The largest absolute Gasteiger partial charge is 0.368 e. The average Bonchev–Trinajstić information content (AvgIpc) is 3.31. The number of rotatable bonds is 4. The molecule has 3 aliphatic heterocycles. The van der Waals surface area contributed by atoms with Crippen molar-refractivity contribution in [2.75, 3.05) is 59.5 Å². The summed E-state index contributed by atoms with van der Waals surface area (Å²) in [6.45, 7) is 7.85. The Bertz CT molecular complexity index is 730. The van der Waals surface area contributed by atoms with Crippen molar-refractivity contribution >= 4 is 35.8 Å². The number of aliphatic imine (C=N–C) groups is 1. The van der Waals surface area contributed by atoms with Gasteiger partial charge in [-0.1, -0.05) is 24.3 Å². The Balaban J connectivity index is 0.00000256. The number of hydrogen-bond acceptors (Lipinski definition) is 4. The standard InChI is InChI=1S/C22H33N5O2.HI/c1-23-22(24-9-11-25-10-8-18-5-2-3-6-19(18)17-25)27-14-12-26(13-15-27)21(28)20-7-4-16-29-20;/h2-3,5-6,20H,4,7-17H2,1H3,(H,23,24);1H. The molecule has 0 bridgehead atoms. The zero-order valence-corrected chi connectivity index (χ0v) is 20.2. The van der Waals surface area contributed by atoms with Crippen LogP contribution in [0.3, 0.4) is 0 Å².